The molecule has 0 aromatic heterocycles. The summed E-state index contributed by atoms with van der Waals surface area (Å²) in [4.78, 5) is 10.4. The zero-order chi connectivity index (χ0) is 14.5. The molecule has 110 valence electrons. The minimum atomic E-state index is -0.491. The second-order valence-electron chi connectivity index (χ2n) is 5.15. The van der Waals surface area contributed by atoms with E-state index in [1.165, 1.54) is 12.1 Å². The molecule has 1 aromatic rings. The van der Waals surface area contributed by atoms with E-state index in [2.05, 4.69) is 13.8 Å². The number of benzene rings is 1. The molecule has 0 aliphatic carbocycles. The van der Waals surface area contributed by atoms with E-state index in [0.717, 1.165) is 24.8 Å². The Morgan fingerprint density at radius 1 is 1.40 bits per heavy atom. The second-order valence-corrected chi connectivity index (χ2v) is 5.15. The van der Waals surface area contributed by atoms with Gasteiger partial charge in [0.05, 0.1) is 17.6 Å². The number of nitro benzene ring substituents is 1. The maximum Gasteiger partial charge on any atom is 0.269 e. The molecule has 0 bridgehead atoms. The number of hydrogen-bond donors (Lipinski definition) is 0. The molecule has 1 saturated heterocycles. The predicted molar refractivity (Wildman–Crippen MR) is 75.4 cm³/mol. The van der Waals surface area contributed by atoms with Crippen molar-refractivity contribution in [2.24, 2.45) is 5.92 Å². The first-order valence-corrected chi connectivity index (χ1v) is 7.17. The Labute approximate surface area is 119 Å². The van der Waals surface area contributed by atoms with Crippen LogP contribution in [0.3, 0.4) is 0 Å². The Morgan fingerprint density at radius 2 is 2.20 bits per heavy atom. The molecule has 0 saturated carbocycles. The van der Waals surface area contributed by atoms with Crippen LogP contribution in [0.25, 0.3) is 0 Å². The Bertz CT molecular complexity index is 463. The van der Waals surface area contributed by atoms with Crippen LogP contribution in [0.1, 0.15) is 45.0 Å². The van der Waals surface area contributed by atoms with Gasteiger partial charge in [-0.25, -0.2) is 0 Å². The monoisotopic (exact) mass is 279 g/mol. The highest BCUT2D eigenvalue weighted by Crippen LogP contribution is 2.33. The normalized spacial score (nSPS) is 26.4. The zero-order valence-electron chi connectivity index (χ0n) is 12.0. The molecule has 2 rings (SSSR count). The lowest BCUT2D eigenvalue weighted by Crippen LogP contribution is -2.35. The van der Waals surface area contributed by atoms with Crippen molar-refractivity contribution in [2.75, 3.05) is 6.61 Å². The fourth-order valence-electron chi connectivity index (χ4n) is 2.56. The van der Waals surface area contributed by atoms with Crippen molar-refractivity contribution in [3.05, 3.63) is 39.9 Å². The van der Waals surface area contributed by atoms with E-state index in [-0.39, 0.29) is 11.8 Å². The summed E-state index contributed by atoms with van der Waals surface area (Å²) in [5, 5.41) is 10.8. The maximum absolute atomic E-state index is 10.8. The number of ether oxygens (including phenoxy) is 2. The van der Waals surface area contributed by atoms with Crippen molar-refractivity contribution in [1.82, 2.24) is 0 Å². The molecule has 20 heavy (non-hydrogen) atoms. The van der Waals surface area contributed by atoms with Gasteiger partial charge in [0.1, 0.15) is 0 Å². The van der Waals surface area contributed by atoms with Gasteiger partial charge in [-0.05, 0) is 12.8 Å². The molecular weight excluding hydrogens is 258 g/mol. The van der Waals surface area contributed by atoms with Crippen LogP contribution in [-0.2, 0) is 9.47 Å². The first-order valence-electron chi connectivity index (χ1n) is 7.17. The maximum atomic E-state index is 10.8. The number of non-ortho nitro benzene ring substituents is 1. The third-order valence-corrected chi connectivity index (χ3v) is 3.74. The van der Waals surface area contributed by atoms with Crippen LogP contribution >= 0.6 is 0 Å². The van der Waals surface area contributed by atoms with E-state index < -0.39 is 11.2 Å². The Balaban J connectivity index is 2.13. The average Bonchev–Trinajstić information content (AvgIpc) is 2.47. The fourth-order valence-corrected chi connectivity index (χ4v) is 2.56. The molecule has 0 spiro atoms. The molecule has 0 N–H and O–H groups in total. The standard InChI is InChI=1S/C15H21NO4/c1-3-6-14-11(4-2)10-19-15(20-14)12-7-5-8-13(9-12)16(17)18/h5,7-9,11,14-15H,3-4,6,10H2,1-2H3/t11-,14-,15+/m1/s1. The number of nitro groups is 1. The molecule has 1 heterocycles. The van der Waals surface area contributed by atoms with Gasteiger partial charge in [-0.3, -0.25) is 10.1 Å². The van der Waals surface area contributed by atoms with E-state index >= 15 is 0 Å². The highest BCUT2D eigenvalue weighted by molar-refractivity contribution is 5.34. The molecule has 3 atom stereocenters. The third kappa shape index (κ3) is 3.35. The number of rotatable bonds is 5. The molecule has 1 aliphatic heterocycles. The molecule has 1 aromatic carbocycles. The Morgan fingerprint density at radius 3 is 2.85 bits per heavy atom. The van der Waals surface area contributed by atoms with Crippen LogP contribution in [0.5, 0.6) is 0 Å². The number of hydrogen-bond acceptors (Lipinski definition) is 4. The van der Waals surface area contributed by atoms with Crippen molar-refractivity contribution < 1.29 is 14.4 Å². The molecule has 1 fully saturated rings. The van der Waals surface area contributed by atoms with E-state index in [4.69, 9.17) is 9.47 Å². The topological polar surface area (TPSA) is 61.6 Å². The lowest BCUT2D eigenvalue weighted by molar-refractivity contribution is -0.385. The van der Waals surface area contributed by atoms with E-state index in [1.807, 2.05) is 6.07 Å². The summed E-state index contributed by atoms with van der Waals surface area (Å²) in [7, 11) is 0. The molecule has 5 nitrogen and oxygen atoms in total. The second kappa shape index (κ2) is 6.81. The average molecular weight is 279 g/mol. The largest absolute Gasteiger partial charge is 0.348 e. The van der Waals surface area contributed by atoms with Crippen molar-refractivity contribution in [3.63, 3.8) is 0 Å². The molecule has 0 radical (unpaired) electrons. The fraction of sp³-hybridized carbons (Fsp3) is 0.600. The molecule has 5 heteroatoms. The van der Waals surface area contributed by atoms with Crippen LogP contribution in [0, 0.1) is 16.0 Å². The van der Waals surface area contributed by atoms with Crippen molar-refractivity contribution in [2.45, 2.75) is 45.5 Å². The third-order valence-electron chi connectivity index (χ3n) is 3.74. The first-order chi connectivity index (χ1) is 9.65. The van der Waals surface area contributed by atoms with Gasteiger partial charge < -0.3 is 9.47 Å². The van der Waals surface area contributed by atoms with Gasteiger partial charge in [0.15, 0.2) is 6.29 Å². The first kappa shape index (κ1) is 14.9. The summed E-state index contributed by atoms with van der Waals surface area (Å²) in [6.07, 6.45) is 2.75. The summed E-state index contributed by atoms with van der Waals surface area (Å²) < 4.78 is 11.7. The molecule has 0 unspecified atom stereocenters. The minimum absolute atomic E-state index is 0.0688. The number of nitrogens with zero attached hydrogens (tertiary/aromatic N) is 1. The highest BCUT2D eigenvalue weighted by atomic mass is 16.7. The summed E-state index contributed by atoms with van der Waals surface area (Å²) in [6.45, 7) is 4.91. The van der Waals surface area contributed by atoms with Crippen molar-refractivity contribution in [3.8, 4) is 0 Å². The zero-order valence-corrected chi connectivity index (χ0v) is 12.0. The van der Waals surface area contributed by atoms with Crippen LogP contribution in [0.2, 0.25) is 0 Å². The quantitative estimate of drug-likeness (QED) is 0.607. The van der Waals surface area contributed by atoms with Crippen molar-refractivity contribution in [1.29, 1.82) is 0 Å². The van der Waals surface area contributed by atoms with E-state index in [9.17, 15) is 10.1 Å². The minimum Gasteiger partial charge on any atom is -0.348 e. The SMILES string of the molecule is CCC[C@H]1O[C@@H](c2cccc([N+](=O)[O-])c2)OC[C@H]1CC. The summed E-state index contributed by atoms with van der Waals surface area (Å²) in [5.41, 5.74) is 0.786. The lowest BCUT2D eigenvalue weighted by atomic mass is 9.95. The van der Waals surface area contributed by atoms with Gasteiger partial charge >= 0.3 is 0 Å². The summed E-state index contributed by atoms with van der Waals surface area (Å²) >= 11 is 0. The predicted octanol–water partition coefficient (Wildman–Crippen LogP) is 3.84. The van der Waals surface area contributed by atoms with Crippen LogP contribution in [0.15, 0.2) is 24.3 Å². The van der Waals surface area contributed by atoms with Crippen LogP contribution in [0.4, 0.5) is 5.69 Å². The van der Waals surface area contributed by atoms with Gasteiger partial charge in [-0.1, -0.05) is 32.4 Å². The van der Waals surface area contributed by atoms with Gasteiger partial charge in [0.2, 0.25) is 0 Å². The van der Waals surface area contributed by atoms with Gasteiger partial charge in [0.25, 0.3) is 5.69 Å². The molecule has 0 amide bonds. The van der Waals surface area contributed by atoms with Gasteiger partial charge in [-0.15, -0.1) is 0 Å². The highest BCUT2D eigenvalue weighted by Gasteiger charge is 2.31. The van der Waals surface area contributed by atoms with Crippen LogP contribution in [-0.4, -0.2) is 17.6 Å². The lowest BCUT2D eigenvalue weighted by Gasteiger charge is -2.36. The van der Waals surface area contributed by atoms with Gasteiger partial charge in [-0.2, -0.15) is 0 Å². The molecule has 1 aliphatic rings. The van der Waals surface area contributed by atoms with E-state index in [0.29, 0.717) is 12.5 Å². The van der Waals surface area contributed by atoms with Gasteiger partial charge in [0, 0.05) is 23.6 Å². The summed E-state index contributed by atoms with van der Waals surface area (Å²) in [6, 6.07) is 6.48. The van der Waals surface area contributed by atoms with E-state index in [1.54, 1.807) is 6.07 Å². The Hall–Kier alpha value is -1.46. The Kier molecular flexibility index (Phi) is 5.09. The van der Waals surface area contributed by atoms with Crippen LogP contribution < -0.4 is 0 Å². The summed E-state index contributed by atoms with van der Waals surface area (Å²) in [5.74, 6) is 0.407. The smallest absolute Gasteiger partial charge is 0.269 e. The molecular formula is C15H21NO4. The van der Waals surface area contributed by atoms with Crippen molar-refractivity contribution >= 4 is 5.69 Å².